The summed E-state index contributed by atoms with van der Waals surface area (Å²) < 4.78 is 50.6. The van der Waals surface area contributed by atoms with Gasteiger partial charge in [-0.05, 0) is 17.8 Å². The SMILES string of the molecule is C[C@H](Cn1cnc2c(N)ncnc21)OCP(=O)(OCOC(=O)OCC(C)(C)C)OCOC(=O)OCC(C)(C)C. The molecule has 0 fully saturated rings. The van der Waals surface area contributed by atoms with Crippen LogP contribution in [0.4, 0.5) is 15.4 Å². The molecule has 0 saturated carbocycles. The van der Waals surface area contributed by atoms with Crippen molar-refractivity contribution < 1.29 is 46.9 Å². The molecule has 0 aromatic carbocycles. The number of nitrogens with two attached hydrogens (primary N) is 1. The van der Waals surface area contributed by atoms with E-state index in [9.17, 15) is 14.2 Å². The molecular formula is C23H38N5O10P. The molecule has 0 aliphatic heterocycles. The number of nitrogen functional groups attached to an aromatic ring is 1. The maximum atomic E-state index is 13.3. The lowest BCUT2D eigenvalue weighted by molar-refractivity contribution is -0.0364. The second-order valence-corrected chi connectivity index (χ2v) is 13.0. The highest BCUT2D eigenvalue weighted by molar-refractivity contribution is 7.53. The van der Waals surface area contributed by atoms with Crippen LogP contribution in [0.2, 0.25) is 0 Å². The summed E-state index contributed by atoms with van der Waals surface area (Å²) in [5.74, 6) is 0.237. The number of imidazole rings is 1. The first-order valence-corrected chi connectivity index (χ1v) is 13.8. The number of hydrogen-bond donors (Lipinski definition) is 1. The van der Waals surface area contributed by atoms with Gasteiger partial charge in [-0.25, -0.2) is 24.5 Å². The van der Waals surface area contributed by atoms with Crippen molar-refractivity contribution >= 4 is 36.9 Å². The zero-order valence-electron chi connectivity index (χ0n) is 23.4. The normalized spacial score (nSPS) is 13.2. The molecule has 0 saturated heterocycles. The summed E-state index contributed by atoms with van der Waals surface area (Å²) in [5, 5.41) is 0. The van der Waals surface area contributed by atoms with Crippen molar-refractivity contribution in [1.82, 2.24) is 19.5 Å². The Morgan fingerprint density at radius 1 is 0.923 bits per heavy atom. The van der Waals surface area contributed by atoms with Crippen molar-refractivity contribution in [2.45, 2.75) is 61.1 Å². The molecule has 2 rings (SSSR count). The summed E-state index contributed by atoms with van der Waals surface area (Å²) in [6, 6.07) is 0. The Balaban J connectivity index is 1.94. The average molecular weight is 576 g/mol. The van der Waals surface area contributed by atoms with Crippen LogP contribution in [-0.4, -0.2) is 71.1 Å². The quantitative estimate of drug-likeness (QED) is 0.202. The summed E-state index contributed by atoms with van der Waals surface area (Å²) in [6.45, 7) is 11.9. The van der Waals surface area contributed by atoms with Gasteiger partial charge in [-0.15, -0.1) is 0 Å². The van der Waals surface area contributed by atoms with E-state index in [2.05, 4.69) is 15.0 Å². The fourth-order valence-electron chi connectivity index (χ4n) is 2.64. The molecule has 0 bridgehead atoms. The highest BCUT2D eigenvalue weighted by Crippen LogP contribution is 2.48. The maximum Gasteiger partial charge on any atom is 0.510 e. The lowest BCUT2D eigenvalue weighted by atomic mass is 9.99. The number of anilines is 1. The lowest BCUT2D eigenvalue weighted by Crippen LogP contribution is -2.21. The van der Waals surface area contributed by atoms with Gasteiger partial charge in [0, 0.05) is 0 Å². The molecule has 39 heavy (non-hydrogen) atoms. The molecule has 0 unspecified atom stereocenters. The Morgan fingerprint density at radius 2 is 1.46 bits per heavy atom. The van der Waals surface area contributed by atoms with Gasteiger partial charge in [0.15, 0.2) is 11.5 Å². The fourth-order valence-corrected chi connectivity index (χ4v) is 3.72. The van der Waals surface area contributed by atoms with Crippen LogP contribution in [0, 0.1) is 10.8 Å². The number of fused-ring (bicyclic) bond motifs is 1. The molecular weight excluding hydrogens is 537 g/mol. The number of aromatic nitrogens is 4. The van der Waals surface area contributed by atoms with E-state index >= 15 is 0 Å². The van der Waals surface area contributed by atoms with Gasteiger partial charge in [0.1, 0.15) is 18.2 Å². The van der Waals surface area contributed by atoms with Crippen molar-refractivity contribution in [2.24, 2.45) is 10.8 Å². The number of ether oxygens (including phenoxy) is 5. The molecule has 2 heterocycles. The molecule has 0 aliphatic rings. The minimum atomic E-state index is -4.09. The van der Waals surface area contributed by atoms with E-state index in [1.807, 2.05) is 41.5 Å². The summed E-state index contributed by atoms with van der Waals surface area (Å²) in [7, 11) is -4.09. The topological polar surface area (TPSA) is 185 Å². The zero-order valence-corrected chi connectivity index (χ0v) is 24.3. The predicted octanol–water partition coefficient (Wildman–Crippen LogP) is 4.31. The van der Waals surface area contributed by atoms with Gasteiger partial charge < -0.3 is 34.0 Å². The van der Waals surface area contributed by atoms with Crippen LogP contribution in [0.25, 0.3) is 11.2 Å². The molecule has 0 amide bonds. The van der Waals surface area contributed by atoms with Gasteiger partial charge in [0.2, 0.25) is 13.6 Å². The maximum absolute atomic E-state index is 13.3. The molecule has 16 heteroatoms. The standard InChI is InChI=1S/C23H38N5O10P/c1-16(8-28-12-27-17-18(24)25-11-26-19(17)28)36-15-39(31,37-13-34-20(29)32-9-22(2,3)4)38-14-35-21(30)33-10-23(5,6)7/h11-12,16H,8-10,13-15H2,1-7H3,(H2,24,25,26)/t16-/m1/s1. The first-order valence-electron chi connectivity index (χ1n) is 12.1. The molecule has 15 nitrogen and oxygen atoms in total. The molecule has 2 N–H and O–H groups in total. The summed E-state index contributed by atoms with van der Waals surface area (Å²) in [6.07, 6.45) is -0.276. The van der Waals surface area contributed by atoms with E-state index in [0.29, 0.717) is 11.2 Å². The van der Waals surface area contributed by atoms with Crippen molar-refractivity contribution in [1.29, 1.82) is 0 Å². The summed E-state index contributed by atoms with van der Waals surface area (Å²) in [5.41, 5.74) is 6.19. The molecule has 1 atom stereocenters. The second-order valence-electron chi connectivity index (χ2n) is 11.0. The zero-order chi connectivity index (χ0) is 29.3. The third kappa shape index (κ3) is 12.2. The number of hydrogen-bond acceptors (Lipinski definition) is 14. The lowest BCUT2D eigenvalue weighted by Gasteiger charge is -2.22. The van der Waals surface area contributed by atoms with Crippen LogP contribution in [0.5, 0.6) is 0 Å². The number of rotatable bonds is 13. The van der Waals surface area contributed by atoms with Crippen LogP contribution in [0.15, 0.2) is 12.7 Å². The number of carbonyl (C=O) groups is 2. The van der Waals surface area contributed by atoms with Crippen molar-refractivity contribution in [3.63, 3.8) is 0 Å². The summed E-state index contributed by atoms with van der Waals surface area (Å²) >= 11 is 0. The van der Waals surface area contributed by atoms with E-state index in [0.717, 1.165) is 0 Å². The average Bonchev–Trinajstić information content (AvgIpc) is 3.23. The van der Waals surface area contributed by atoms with Gasteiger partial charge in [0.25, 0.3) is 0 Å². The first kappa shape index (κ1) is 32.2. The van der Waals surface area contributed by atoms with Gasteiger partial charge in [-0.1, -0.05) is 41.5 Å². The van der Waals surface area contributed by atoms with Crippen molar-refractivity contribution in [3.05, 3.63) is 12.7 Å². The van der Waals surface area contributed by atoms with Crippen LogP contribution in [-0.2, 0) is 43.8 Å². The Bertz CT molecular complexity index is 1100. The van der Waals surface area contributed by atoms with Crippen LogP contribution in [0.3, 0.4) is 0 Å². The largest absolute Gasteiger partial charge is 0.510 e. The van der Waals surface area contributed by atoms with Crippen molar-refractivity contribution in [2.75, 3.05) is 38.9 Å². The van der Waals surface area contributed by atoms with Gasteiger partial charge in [0.05, 0.1) is 32.2 Å². The predicted molar refractivity (Wildman–Crippen MR) is 138 cm³/mol. The molecule has 0 radical (unpaired) electrons. The molecule has 2 aromatic heterocycles. The van der Waals surface area contributed by atoms with E-state index in [-0.39, 0.29) is 36.4 Å². The first-order chi connectivity index (χ1) is 18.1. The Labute approximate surface area is 227 Å². The second kappa shape index (κ2) is 13.9. The Hall–Kier alpha value is -3.00. The Kier molecular flexibility index (Phi) is 11.5. The molecule has 0 aliphatic carbocycles. The summed E-state index contributed by atoms with van der Waals surface area (Å²) in [4.78, 5) is 35.9. The van der Waals surface area contributed by atoms with Crippen LogP contribution < -0.4 is 5.73 Å². The third-order valence-electron chi connectivity index (χ3n) is 4.50. The van der Waals surface area contributed by atoms with E-state index in [1.165, 1.54) is 12.7 Å². The number of nitrogens with zero attached hydrogens (tertiary/aromatic N) is 4. The minimum absolute atomic E-state index is 0.102. The van der Waals surface area contributed by atoms with Crippen LogP contribution >= 0.6 is 7.60 Å². The van der Waals surface area contributed by atoms with E-state index < -0.39 is 45.9 Å². The highest BCUT2D eigenvalue weighted by atomic mass is 31.2. The minimum Gasteiger partial charge on any atom is -0.434 e. The van der Waals surface area contributed by atoms with E-state index in [1.54, 1.807) is 11.5 Å². The molecule has 220 valence electrons. The van der Waals surface area contributed by atoms with E-state index in [4.69, 9.17) is 38.5 Å². The molecule has 2 aromatic rings. The monoisotopic (exact) mass is 575 g/mol. The third-order valence-corrected chi connectivity index (χ3v) is 5.96. The highest BCUT2D eigenvalue weighted by Gasteiger charge is 2.29. The van der Waals surface area contributed by atoms with Gasteiger partial charge in [-0.3, -0.25) is 13.6 Å². The Morgan fingerprint density at radius 3 is 1.97 bits per heavy atom. The van der Waals surface area contributed by atoms with Crippen LogP contribution in [0.1, 0.15) is 48.5 Å². The fraction of sp³-hybridized carbons (Fsp3) is 0.696. The van der Waals surface area contributed by atoms with Gasteiger partial charge in [-0.2, -0.15) is 0 Å². The van der Waals surface area contributed by atoms with Gasteiger partial charge >= 0.3 is 19.9 Å². The number of carbonyl (C=O) groups excluding carboxylic acids is 2. The molecule has 0 spiro atoms. The van der Waals surface area contributed by atoms with Crippen molar-refractivity contribution in [3.8, 4) is 0 Å². The smallest absolute Gasteiger partial charge is 0.434 e.